The molecule has 0 bridgehead atoms. The Hall–Kier alpha value is -1.18. The fraction of sp³-hybridized carbons (Fsp3) is 0.818. The van der Waals surface area contributed by atoms with Gasteiger partial charge in [-0.15, -0.1) is 0 Å². The van der Waals surface area contributed by atoms with Crippen molar-refractivity contribution in [3.8, 4) is 0 Å². The molecule has 2 atom stereocenters. The van der Waals surface area contributed by atoms with E-state index in [0.29, 0.717) is 26.2 Å². The second-order valence-corrected chi connectivity index (χ2v) is 4.44. The minimum Gasteiger partial charge on any atom is -0.480 e. The molecule has 2 unspecified atom stereocenters. The average molecular weight is 259 g/mol. The molecular formula is C11H21N3O4. The van der Waals surface area contributed by atoms with Gasteiger partial charge in [0.25, 0.3) is 0 Å². The van der Waals surface area contributed by atoms with Crippen LogP contribution in [0.5, 0.6) is 0 Å². The van der Waals surface area contributed by atoms with Gasteiger partial charge < -0.3 is 20.5 Å². The molecule has 1 saturated heterocycles. The average Bonchev–Trinajstić information content (AvgIpc) is 2.37. The molecule has 1 aliphatic rings. The Morgan fingerprint density at radius 2 is 1.89 bits per heavy atom. The Kier molecular flexibility index (Phi) is 5.52. The molecule has 104 valence electrons. The molecule has 1 fully saturated rings. The lowest BCUT2D eigenvalue weighted by molar-refractivity contribution is -0.144. The molecule has 0 aromatic heterocycles. The Morgan fingerprint density at radius 3 is 2.33 bits per heavy atom. The number of piperazine rings is 1. The number of carbonyl (C=O) groups excluding carboxylic acids is 1. The number of methoxy groups -OCH3 is 1. The van der Waals surface area contributed by atoms with E-state index in [1.807, 2.05) is 4.90 Å². The van der Waals surface area contributed by atoms with Crippen molar-refractivity contribution in [3.05, 3.63) is 0 Å². The number of aliphatic carboxylic acids is 1. The normalized spacial score (nSPS) is 20.5. The molecule has 1 aliphatic heterocycles. The van der Waals surface area contributed by atoms with E-state index in [4.69, 9.17) is 15.6 Å². The van der Waals surface area contributed by atoms with Gasteiger partial charge in [0.05, 0.1) is 6.61 Å². The first-order valence-corrected chi connectivity index (χ1v) is 5.97. The Bertz CT molecular complexity index is 303. The van der Waals surface area contributed by atoms with Gasteiger partial charge in [-0.05, 0) is 6.92 Å². The minimum atomic E-state index is -0.842. The van der Waals surface area contributed by atoms with Crippen molar-refractivity contribution in [2.75, 3.05) is 39.9 Å². The lowest BCUT2D eigenvalue weighted by Crippen LogP contribution is -2.56. The number of carboxylic acids is 1. The van der Waals surface area contributed by atoms with Crippen molar-refractivity contribution in [1.82, 2.24) is 9.80 Å². The molecule has 0 radical (unpaired) electrons. The van der Waals surface area contributed by atoms with Crippen molar-refractivity contribution in [1.29, 1.82) is 0 Å². The Labute approximate surface area is 106 Å². The number of amides is 1. The predicted octanol–water partition coefficient (Wildman–Crippen LogP) is -1.42. The van der Waals surface area contributed by atoms with Gasteiger partial charge >= 0.3 is 5.97 Å². The standard InChI is InChI=1S/C11H21N3O4/c1-8(11(16)17)13-3-5-14(6-4-13)10(15)9(12)7-18-2/h8-9H,3-7,12H2,1-2H3,(H,16,17). The van der Waals surface area contributed by atoms with Crippen LogP contribution in [0, 0.1) is 0 Å². The van der Waals surface area contributed by atoms with E-state index in [1.54, 1.807) is 11.8 Å². The van der Waals surface area contributed by atoms with Gasteiger partial charge in [0.2, 0.25) is 5.91 Å². The summed E-state index contributed by atoms with van der Waals surface area (Å²) in [4.78, 5) is 26.2. The maximum absolute atomic E-state index is 11.9. The Balaban J connectivity index is 2.44. The maximum Gasteiger partial charge on any atom is 0.320 e. The molecule has 18 heavy (non-hydrogen) atoms. The first-order chi connectivity index (χ1) is 8.47. The number of carboxylic acid groups (broad SMARTS) is 1. The van der Waals surface area contributed by atoms with Crippen molar-refractivity contribution < 1.29 is 19.4 Å². The second kappa shape index (κ2) is 6.67. The van der Waals surface area contributed by atoms with Gasteiger partial charge in [-0.3, -0.25) is 14.5 Å². The van der Waals surface area contributed by atoms with Gasteiger partial charge in [-0.1, -0.05) is 0 Å². The lowest BCUT2D eigenvalue weighted by atomic mass is 10.2. The number of nitrogens with two attached hydrogens (primary N) is 1. The van der Waals surface area contributed by atoms with E-state index in [1.165, 1.54) is 7.11 Å². The molecule has 0 spiro atoms. The highest BCUT2D eigenvalue weighted by Gasteiger charge is 2.29. The zero-order chi connectivity index (χ0) is 13.7. The van der Waals surface area contributed by atoms with Crippen LogP contribution in [0.1, 0.15) is 6.92 Å². The molecule has 0 aromatic rings. The molecule has 3 N–H and O–H groups in total. The van der Waals surface area contributed by atoms with Crippen LogP contribution in [0.3, 0.4) is 0 Å². The van der Waals surface area contributed by atoms with Crippen LogP contribution in [0.2, 0.25) is 0 Å². The first kappa shape index (κ1) is 14.9. The largest absolute Gasteiger partial charge is 0.480 e. The minimum absolute atomic E-state index is 0.139. The summed E-state index contributed by atoms with van der Waals surface area (Å²) >= 11 is 0. The van der Waals surface area contributed by atoms with E-state index in [0.717, 1.165) is 0 Å². The van der Waals surface area contributed by atoms with Gasteiger partial charge in [-0.25, -0.2) is 0 Å². The molecule has 0 saturated carbocycles. The summed E-state index contributed by atoms with van der Waals surface area (Å²) < 4.78 is 4.85. The van der Waals surface area contributed by atoms with Crippen LogP contribution in [0.25, 0.3) is 0 Å². The summed E-state index contributed by atoms with van der Waals surface area (Å²) in [5.41, 5.74) is 5.68. The van der Waals surface area contributed by atoms with Crippen molar-refractivity contribution in [2.45, 2.75) is 19.0 Å². The molecule has 1 amide bonds. The van der Waals surface area contributed by atoms with Crippen LogP contribution in [-0.4, -0.2) is 78.8 Å². The highest BCUT2D eigenvalue weighted by atomic mass is 16.5. The van der Waals surface area contributed by atoms with Crippen molar-refractivity contribution in [2.24, 2.45) is 5.73 Å². The highest BCUT2D eigenvalue weighted by molar-refractivity contribution is 5.82. The Morgan fingerprint density at radius 1 is 1.33 bits per heavy atom. The molecule has 0 aliphatic carbocycles. The number of carbonyl (C=O) groups is 2. The second-order valence-electron chi connectivity index (χ2n) is 4.44. The predicted molar refractivity (Wildman–Crippen MR) is 65.1 cm³/mol. The van der Waals surface area contributed by atoms with Crippen LogP contribution < -0.4 is 5.73 Å². The first-order valence-electron chi connectivity index (χ1n) is 5.97. The molecule has 0 aromatic carbocycles. The summed E-state index contributed by atoms with van der Waals surface area (Å²) in [5.74, 6) is -0.981. The van der Waals surface area contributed by atoms with E-state index >= 15 is 0 Å². The maximum atomic E-state index is 11.9. The van der Waals surface area contributed by atoms with Crippen molar-refractivity contribution in [3.63, 3.8) is 0 Å². The lowest BCUT2D eigenvalue weighted by Gasteiger charge is -2.37. The third-order valence-corrected chi connectivity index (χ3v) is 3.19. The summed E-state index contributed by atoms with van der Waals surface area (Å²) in [6, 6.07) is -1.16. The monoisotopic (exact) mass is 259 g/mol. The van der Waals surface area contributed by atoms with Crippen LogP contribution >= 0.6 is 0 Å². The van der Waals surface area contributed by atoms with E-state index in [2.05, 4.69) is 0 Å². The molecular weight excluding hydrogens is 238 g/mol. The number of rotatable bonds is 5. The molecule has 1 rings (SSSR count). The number of hydrogen-bond acceptors (Lipinski definition) is 5. The van der Waals surface area contributed by atoms with Crippen LogP contribution in [0.15, 0.2) is 0 Å². The van der Waals surface area contributed by atoms with Gasteiger partial charge in [0.1, 0.15) is 12.1 Å². The fourth-order valence-corrected chi connectivity index (χ4v) is 1.97. The number of nitrogens with zero attached hydrogens (tertiary/aromatic N) is 2. The zero-order valence-electron chi connectivity index (χ0n) is 10.8. The van der Waals surface area contributed by atoms with E-state index in [-0.39, 0.29) is 12.5 Å². The van der Waals surface area contributed by atoms with Crippen LogP contribution in [-0.2, 0) is 14.3 Å². The third kappa shape index (κ3) is 3.66. The van der Waals surface area contributed by atoms with Crippen LogP contribution in [0.4, 0.5) is 0 Å². The van der Waals surface area contributed by atoms with E-state index in [9.17, 15) is 9.59 Å². The smallest absolute Gasteiger partial charge is 0.320 e. The SMILES string of the molecule is COCC(N)C(=O)N1CCN(C(C)C(=O)O)CC1. The fourth-order valence-electron chi connectivity index (χ4n) is 1.97. The van der Waals surface area contributed by atoms with Crippen molar-refractivity contribution >= 4 is 11.9 Å². The highest BCUT2D eigenvalue weighted by Crippen LogP contribution is 2.07. The quantitative estimate of drug-likeness (QED) is 0.629. The zero-order valence-corrected chi connectivity index (χ0v) is 10.8. The topological polar surface area (TPSA) is 96.1 Å². The van der Waals surface area contributed by atoms with Gasteiger partial charge in [0.15, 0.2) is 0 Å². The summed E-state index contributed by atoms with van der Waals surface area (Å²) in [6.45, 7) is 3.97. The van der Waals surface area contributed by atoms with E-state index < -0.39 is 18.1 Å². The third-order valence-electron chi connectivity index (χ3n) is 3.19. The van der Waals surface area contributed by atoms with Gasteiger partial charge in [0, 0.05) is 33.3 Å². The summed E-state index contributed by atoms with van der Waals surface area (Å²) in [5, 5.41) is 8.91. The summed E-state index contributed by atoms with van der Waals surface area (Å²) in [6.07, 6.45) is 0. The molecule has 7 heteroatoms. The number of ether oxygens (including phenoxy) is 1. The number of hydrogen-bond donors (Lipinski definition) is 2. The molecule has 1 heterocycles. The van der Waals surface area contributed by atoms with Gasteiger partial charge in [-0.2, -0.15) is 0 Å². The molecule has 7 nitrogen and oxygen atoms in total. The summed E-state index contributed by atoms with van der Waals surface area (Å²) in [7, 11) is 1.50.